The third-order valence-corrected chi connectivity index (χ3v) is 6.33. The summed E-state index contributed by atoms with van der Waals surface area (Å²) in [5.74, 6) is -0.363. The predicted octanol–water partition coefficient (Wildman–Crippen LogP) is 7.02. The van der Waals surface area contributed by atoms with Crippen LogP contribution in [0, 0.1) is 0 Å². The molecule has 0 spiro atoms. The second-order valence-electron chi connectivity index (χ2n) is 7.42. The number of thiocarbonyl (C=S) groups is 1. The smallest absolute Gasteiger partial charge is 0.340 e. The Labute approximate surface area is 190 Å². The highest BCUT2D eigenvalue weighted by Crippen LogP contribution is 2.35. The fraction of sp³-hybridized carbons (Fsp3) is 0.500. The highest BCUT2D eigenvalue weighted by atomic mass is 32.1. The number of hydrogen-bond donors (Lipinski definition) is 2. The third-order valence-electron chi connectivity index (χ3n) is 4.99. The number of rotatable bonds is 13. The molecule has 0 saturated carbocycles. The summed E-state index contributed by atoms with van der Waals surface area (Å²) in [6.07, 6.45) is 11.7. The Morgan fingerprint density at radius 1 is 1.00 bits per heavy atom. The summed E-state index contributed by atoms with van der Waals surface area (Å²) in [6, 6.07) is 11.9. The van der Waals surface area contributed by atoms with Crippen LogP contribution in [0.4, 0.5) is 5.00 Å². The molecule has 1 aromatic heterocycles. The van der Waals surface area contributed by atoms with Crippen LogP contribution in [0.5, 0.6) is 0 Å². The van der Waals surface area contributed by atoms with Gasteiger partial charge in [0, 0.05) is 11.4 Å². The van der Waals surface area contributed by atoms with Gasteiger partial charge in [-0.05, 0) is 30.3 Å². The fourth-order valence-electron chi connectivity index (χ4n) is 3.28. The molecule has 0 aliphatic rings. The zero-order chi connectivity index (χ0) is 21.6. The number of carbonyl (C=O) groups is 1. The minimum absolute atomic E-state index is 0.363. The number of methoxy groups -OCH3 is 1. The molecule has 0 unspecified atom stereocenters. The maximum absolute atomic E-state index is 12.2. The first-order chi connectivity index (χ1) is 14.7. The first kappa shape index (κ1) is 24.4. The normalized spacial score (nSPS) is 10.6. The van der Waals surface area contributed by atoms with Crippen molar-refractivity contribution in [1.29, 1.82) is 0 Å². The minimum atomic E-state index is -0.363. The number of carbonyl (C=O) groups excluding carboxylic acids is 1. The molecular weight excluding hydrogens is 412 g/mol. The Morgan fingerprint density at radius 2 is 1.63 bits per heavy atom. The van der Waals surface area contributed by atoms with Gasteiger partial charge >= 0.3 is 5.97 Å². The first-order valence-electron chi connectivity index (χ1n) is 11.0. The molecule has 0 aliphatic heterocycles. The van der Waals surface area contributed by atoms with Gasteiger partial charge in [-0.3, -0.25) is 0 Å². The van der Waals surface area contributed by atoms with Gasteiger partial charge in [-0.15, -0.1) is 11.3 Å². The Bertz CT molecular complexity index is 775. The van der Waals surface area contributed by atoms with Crippen LogP contribution in [0.25, 0.3) is 10.4 Å². The van der Waals surface area contributed by atoms with Crippen LogP contribution in [0.3, 0.4) is 0 Å². The lowest BCUT2D eigenvalue weighted by molar-refractivity contribution is 0.0602. The highest BCUT2D eigenvalue weighted by Gasteiger charge is 2.18. The molecule has 6 heteroatoms. The lowest BCUT2D eigenvalue weighted by Gasteiger charge is -2.10. The first-order valence-corrected chi connectivity index (χ1v) is 12.2. The molecule has 0 atom stereocenters. The third kappa shape index (κ3) is 8.44. The molecule has 0 fully saturated rings. The van der Waals surface area contributed by atoms with Crippen molar-refractivity contribution in [3.05, 3.63) is 42.0 Å². The standard InChI is InChI=1S/C24H34N2O2S2/c1-3-4-5-6-7-8-9-10-14-17-25-24(29)26-22-20(23(27)28-2)18-21(30-22)19-15-12-11-13-16-19/h11-13,15-16,18H,3-10,14,17H2,1-2H3,(H2,25,26,29). The Kier molecular flexibility index (Phi) is 11.5. The van der Waals surface area contributed by atoms with Gasteiger partial charge in [-0.2, -0.15) is 0 Å². The number of unbranched alkanes of at least 4 members (excludes halogenated alkanes) is 8. The van der Waals surface area contributed by atoms with Gasteiger partial charge in [0.1, 0.15) is 5.00 Å². The maximum atomic E-state index is 12.2. The van der Waals surface area contributed by atoms with Crippen LogP contribution < -0.4 is 10.6 Å². The van der Waals surface area contributed by atoms with Crippen molar-refractivity contribution in [2.24, 2.45) is 0 Å². The van der Waals surface area contributed by atoms with E-state index < -0.39 is 0 Å². The van der Waals surface area contributed by atoms with Crippen molar-refractivity contribution in [3.63, 3.8) is 0 Å². The number of anilines is 1. The molecule has 0 radical (unpaired) electrons. The molecule has 164 valence electrons. The van der Waals surface area contributed by atoms with Crippen molar-refractivity contribution in [2.45, 2.75) is 64.7 Å². The van der Waals surface area contributed by atoms with Gasteiger partial charge in [0.25, 0.3) is 0 Å². The van der Waals surface area contributed by atoms with E-state index >= 15 is 0 Å². The average Bonchev–Trinajstić information content (AvgIpc) is 3.18. The van der Waals surface area contributed by atoms with Gasteiger partial charge in [0.05, 0.1) is 12.7 Å². The monoisotopic (exact) mass is 446 g/mol. The van der Waals surface area contributed by atoms with Crippen molar-refractivity contribution < 1.29 is 9.53 Å². The van der Waals surface area contributed by atoms with E-state index in [1.807, 2.05) is 36.4 Å². The molecule has 1 heterocycles. The van der Waals surface area contributed by atoms with E-state index in [1.54, 1.807) is 0 Å². The number of nitrogens with one attached hydrogen (secondary N) is 2. The summed E-state index contributed by atoms with van der Waals surface area (Å²) >= 11 is 6.94. The van der Waals surface area contributed by atoms with E-state index in [0.717, 1.165) is 23.4 Å². The van der Waals surface area contributed by atoms with Crippen LogP contribution in [0.15, 0.2) is 36.4 Å². The van der Waals surface area contributed by atoms with Crippen LogP contribution in [-0.4, -0.2) is 24.7 Å². The Balaban J connectivity index is 1.76. The van der Waals surface area contributed by atoms with Crippen molar-refractivity contribution in [2.75, 3.05) is 19.0 Å². The lowest BCUT2D eigenvalue weighted by Crippen LogP contribution is -2.29. The maximum Gasteiger partial charge on any atom is 0.340 e. The Hall–Kier alpha value is -1.92. The van der Waals surface area contributed by atoms with E-state index in [9.17, 15) is 4.79 Å². The number of hydrogen-bond acceptors (Lipinski definition) is 4. The van der Waals surface area contributed by atoms with Gasteiger partial charge < -0.3 is 15.4 Å². The van der Waals surface area contributed by atoms with E-state index in [2.05, 4.69) is 17.6 Å². The van der Waals surface area contributed by atoms with Gasteiger partial charge in [0.2, 0.25) is 0 Å². The van der Waals surface area contributed by atoms with E-state index in [-0.39, 0.29) is 5.97 Å². The van der Waals surface area contributed by atoms with Gasteiger partial charge in [0.15, 0.2) is 5.11 Å². The molecule has 30 heavy (non-hydrogen) atoms. The van der Waals surface area contributed by atoms with Crippen LogP contribution >= 0.6 is 23.6 Å². The van der Waals surface area contributed by atoms with Gasteiger partial charge in [-0.1, -0.05) is 88.6 Å². The van der Waals surface area contributed by atoms with Crippen LogP contribution in [0.2, 0.25) is 0 Å². The number of ether oxygens (including phenoxy) is 1. The molecule has 2 rings (SSSR count). The Morgan fingerprint density at radius 3 is 2.27 bits per heavy atom. The number of esters is 1. The topological polar surface area (TPSA) is 50.4 Å². The predicted molar refractivity (Wildman–Crippen MR) is 133 cm³/mol. The fourth-order valence-corrected chi connectivity index (χ4v) is 4.60. The largest absolute Gasteiger partial charge is 0.465 e. The summed E-state index contributed by atoms with van der Waals surface area (Å²) in [5, 5.41) is 7.70. The zero-order valence-corrected chi connectivity index (χ0v) is 19.8. The molecule has 2 N–H and O–H groups in total. The lowest BCUT2D eigenvalue weighted by atomic mass is 10.1. The molecule has 2 aromatic rings. The van der Waals surface area contributed by atoms with Crippen molar-refractivity contribution >= 4 is 39.6 Å². The summed E-state index contributed by atoms with van der Waals surface area (Å²) in [7, 11) is 1.40. The SMILES string of the molecule is CCCCCCCCCCCNC(=S)Nc1sc(-c2ccccc2)cc1C(=O)OC. The van der Waals surface area contributed by atoms with Crippen molar-refractivity contribution in [3.8, 4) is 10.4 Å². The quantitative estimate of drug-likeness (QED) is 0.197. The van der Waals surface area contributed by atoms with Gasteiger partial charge in [-0.25, -0.2) is 4.79 Å². The number of thiophene rings is 1. The summed E-state index contributed by atoms with van der Waals surface area (Å²) in [6.45, 7) is 3.09. The van der Waals surface area contributed by atoms with E-state index in [4.69, 9.17) is 17.0 Å². The summed E-state index contributed by atoms with van der Waals surface area (Å²) in [5.41, 5.74) is 1.57. The molecule has 0 saturated heterocycles. The minimum Gasteiger partial charge on any atom is -0.465 e. The molecule has 0 aliphatic carbocycles. The second kappa shape index (κ2) is 14.1. The second-order valence-corrected chi connectivity index (χ2v) is 8.88. The summed E-state index contributed by atoms with van der Waals surface area (Å²) in [4.78, 5) is 13.2. The van der Waals surface area contributed by atoms with E-state index in [0.29, 0.717) is 15.7 Å². The highest BCUT2D eigenvalue weighted by molar-refractivity contribution is 7.80. The molecule has 1 aromatic carbocycles. The summed E-state index contributed by atoms with van der Waals surface area (Å²) < 4.78 is 4.94. The van der Waals surface area contributed by atoms with Crippen molar-refractivity contribution in [1.82, 2.24) is 5.32 Å². The van der Waals surface area contributed by atoms with Crippen LogP contribution in [0.1, 0.15) is 75.1 Å². The van der Waals surface area contributed by atoms with Crippen LogP contribution in [-0.2, 0) is 4.74 Å². The molecule has 0 amide bonds. The molecular formula is C24H34N2O2S2. The van der Waals surface area contributed by atoms with E-state index in [1.165, 1.54) is 69.8 Å². The zero-order valence-electron chi connectivity index (χ0n) is 18.2. The average molecular weight is 447 g/mol. The molecule has 4 nitrogen and oxygen atoms in total. The number of benzene rings is 1. The molecule has 0 bridgehead atoms.